The minimum absolute atomic E-state index is 0.433. The zero-order valence-electron chi connectivity index (χ0n) is 8.36. The second-order valence-electron chi connectivity index (χ2n) is 3.52. The molecule has 15 heavy (non-hydrogen) atoms. The monoisotopic (exact) mass is 197 g/mol. The van der Waals surface area contributed by atoms with Gasteiger partial charge in [-0.1, -0.05) is 11.8 Å². The Bertz CT molecular complexity index is 426. The molecule has 0 spiro atoms. The Hall–Kier alpha value is -1.93. The highest BCUT2D eigenvalue weighted by Crippen LogP contribution is 2.27. The molecule has 0 aromatic heterocycles. The maximum absolute atomic E-state index is 8.60. The summed E-state index contributed by atoms with van der Waals surface area (Å²) in [7, 11) is 0. The number of ether oxygens (including phenoxy) is 1. The molecule has 0 bridgehead atoms. The molecule has 1 aromatic carbocycles. The Morgan fingerprint density at radius 2 is 2.00 bits per heavy atom. The molecular formula is C13H11NO. The third kappa shape index (κ3) is 3.04. The van der Waals surface area contributed by atoms with Crippen LogP contribution >= 0.6 is 0 Å². The summed E-state index contributed by atoms with van der Waals surface area (Å²) in [4.78, 5) is 0. The summed E-state index contributed by atoms with van der Waals surface area (Å²) >= 11 is 0. The second-order valence-corrected chi connectivity index (χ2v) is 3.52. The van der Waals surface area contributed by atoms with Crippen molar-refractivity contribution < 1.29 is 4.74 Å². The van der Waals surface area contributed by atoms with Gasteiger partial charge in [-0.3, -0.25) is 0 Å². The molecule has 0 amide bonds. The van der Waals surface area contributed by atoms with E-state index in [1.165, 1.54) is 12.8 Å². The van der Waals surface area contributed by atoms with Crippen molar-refractivity contribution in [1.29, 1.82) is 5.26 Å². The van der Waals surface area contributed by atoms with Gasteiger partial charge >= 0.3 is 0 Å². The van der Waals surface area contributed by atoms with Gasteiger partial charge in [-0.15, -0.1) is 0 Å². The number of benzene rings is 1. The largest absolute Gasteiger partial charge is 0.481 e. The molecule has 0 aliphatic heterocycles. The van der Waals surface area contributed by atoms with Gasteiger partial charge in [0.05, 0.1) is 11.6 Å². The van der Waals surface area contributed by atoms with Crippen LogP contribution in [0.15, 0.2) is 24.3 Å². The molecule has 1 aromatic rings. The second kappa shape index (κ2) is 4.53. The van der Waals surface area contributed by atoms with Crippen molar-refractivity contribution in [1.82, 2.24) is 0 Å². The van der Waals surface area contributed by atoms with E-state index in [4.69, 9.17) is 10.00 Å². The van der Waals surface area contributed by atoms with Gasteiger partial charge in [0.15, 0.2) is 0 Å². The molecule has 1 aliphatic rings. The van der Waals surface area contributed by atoms with Crippen LogP contribution in [0.1, 0.15) is 18.4 Å². The van der Waals surface area contributed by atoms with E-state index in [2.05, 4.69) is 17.9 Å². The van der Waals surface area contributed by atoms with Gasteiger partial charge in [-0.2, -0.15) is 5.26 Å². The maximum Gasteiger partial charge on any atom is 0.149 e. The Morgan fingerprint density at radius 1 is 1.27 bits per heavy atom. The fourth-order valence-electron chi connectivity index (χ4n) is 1.16. The smallest absolute Gasteiger partial charge is 0.149 e. The van der Waals surface area contributed by atoms with Crippen LogP contribution in [0.4, 0.5) is 0 Å². The molecule has 0 N–H and O–H groups in total. The Kier molecular flexibility index (Phi) is 2.90. The van der Waals surface area contributed by atoms with Crippen LogP contribution in [0, 0.1) is 29.1 Å². The van der Waals surface area contributed by atoms with E-state index in [0.29, 0.717) is 18.1 Å². The van der Waals surface area contributed by atoms with Crippen molar-refractivity contribution in [3.8, 4) is 23.7 Å². The fraction of sp³-hybridized carbons (Fsp3) is 0.308. The van der Waals surface area contributed by atoms with Crippen LogP contribution in [0.5, 0.6) is 5.75 Å². The molecule has 0 unspecified atom stereocenters. The summed E-state index contributed by atoms with van der Waals surface area (Å²) < 4.78 is 5.40. The lowest BCUT2D eigenvalue weighted by atomic mass is 10.2. The summed E-state index contributed by atoms with van der Waals surface area (Å²) in [5, 5.41) is 8.60. The molecule has 74 valence electrons. The number of hydrogen-bond acceptors (Lipinski definition) is 2. The first kappa shape index (κ1) is 9.62. The molecule has 2 nitrogen and oxygen atoms in total. The summed E-state index contributed by atoms with van der Waals surface area (Å²) in [5.41, 5.74) is 0.645. The van der Waals surface area contributed by atoms with Gasteiger partial charge in [0.2, 0.25) is 0 Å². The quantitative estimate of drug-likeness (QED) is 0.682. The van der Waals surface area contributed by atoms with Crippen LogP contribution in [-0.4, -0.2) is 6.61 Å². The van der Waals surface area contributed by atoms with Gasteiger partial charge in [0, 0.05) is 5.92 Å². The van der Waals surface area contributed by atoms with Crippen molar-refractivity contribution in [3.63, 3.8) is 0 Å². The first-order valence-electron chi connectivity index (χ1n) is 5.00. The molecular weight excluding hydrogens is 186 g/mol. The summed E-state index contributed by atoms with van der Waals surface area (Å²) in [6.07, 6.45) is 2.48. The van der Waals surface area contributed by atoms with Gasteiger partial charge in [-0.25, -0.2) is 0 Å². The van der Waals surface area contributed by atoms with E-state index in [9.17, 15) is 0 Å². The molecule has 1 fully saturated rings. The number of hydrogen-bond donors (Lipinski definition) is 0. The van der Waals surface area contributed by atoms with E-state index >= 15 is 0 Å². The molecule has 1 saturated carbocycles. The Balaban J connectivity index is 1.83. The zero-order chi connectivity index (χ0) is 10.5. The van der Waals surface area contributed by atoms with Crippen LogP contribution in [0.2, 0.25) is 0 Å². The zero-order valence-corrected chi connectivity index (χ0v) is 8.36. The standard InChI is InChI=1S/C13H11NO/c14-10-12-5-7-13(8-6-12)15-9-1-2-11-3-4-11/h5-8,11H,3-4,9H2. The summed E-state index contributed by atoms with van der Waals surface area (Å²) in [6.45, 7) is 0.433. The lowest BCUT2D eigenvalue weighted by molar-refractivity contribution is 0.370. The SMILES string of the molecule is N#Cc1ccc(OCC#CC2CC2)cc1. The van der Waals surface area contributed by atoms with E-state index in [0.717, 1.165) is 5.75 Å². The normalized spacial score (nSPS) is 13.5. The summed E-state index contributed by atoms with van der Waals surface area (Å²) in [5.74, 6) is 7.49. The van der Waals surface area contributed by atoms with Gasteiger partial charge in [0.25, 0.3) is 0 Å². The predicted molar refractivity (Wildman–Crippen MR) is 57.2 cm³/mol. The van der Waals surface area contributed by atoms with Crippen LogP contribution in [0.3, 0.4) is 0 Å². The van der Waals surface area contributed by atoms with Crippen molar-refractivity contribution >= 4 is 0 Å². The number of nitrogens with zero attached hydrogens (tertiary/aromatic N) is 1. The molecule has 2 rings (SSSR count). The first-order chi connectivity index (χ1) is 7.38. The lowest BCUT2D eigenvalue weighted by Gasteiger charge is -2.00. The fourth-order valence-corrected chi connectivity index (χ4v) is 1.16. The minimum atomic E-state index is 0.433. The average Bonchev–Trinajstić information content (AvgIpc) is 3.09. The number of rotatable bonds is 2. The van der Waals surface area contributed by atoms with Gasteiger partial charge < -0.3 is 4.74 Å². The van der Waals surface area contributed by atoms with E-state index in [1.807, 2.05) is 0 Å². The highest BCUT2D eigenvalue weighted by molar-refractivity contribution is 5.34. The maximum atomic E-state index is 8.60. The predicted octanol–water partition coefficient (Wildman–Crippen LogP) is 2.35. The van der Waals surface area contributed by atoms with Gasteiger partial charge in [0.1, 0.15) is 12.4 Å². The molecule has 2 heteroatoms. The molecule has 0 saturated heterocycles. The van der Waals surface area contributed by atoms with Crippen molar-refractivity contribution in [2.45, 2.75) is 12.8 Å². The van der Waals surface area contributed by atoms with E-state index in [-0.39, 0.29) is 0 Å². The third-order valence-electron chi connectivity index (χ3n) is 2.18. The average molecular weight is 197 g/mol. The molecule has 0 heterocycles. The third-order valence-corrected chi connectivity index (χ3v) is 2.18. The molecule has 1 aliphatic carbocycles. The van der Waals surface area contributed by atoms with Gasteiger partial charge in [-0.05, 0) is 37.1 Å². The van der Waals surface area contributed by atoms with Crippen molar-refractivity contribution in [2.75, 3.05) is 6.61 Å². The molecule has 0 atom stereocenters. The topological polar surface area (TPSA) is 33.0 Å². The van der Waals surface area contributed by atoms with Crippen LogP contribution in [-0.2, 0) is 0 Å². The van der Waals surface area contributed by atoms with Crippen molar-refractivity contribution in [3.05, 3.63) is 29.8 Å². The van der Waals surface area contributed by atoms with E-state index < -0.39 is 0 Å². The Labute approximate surface area is 89.5 Å². The van der Waals surface area contributed by atoms with Crippen LogP contribution < -0.4 is 4.74 Å². The first-order valence-corrected chi connectivity index (χ1v) is 5.00. The highest BCUT2D eigenvalue weighted by atomic mass is 16.5. The van der Waals surface area contributed by atoms with Crippen molar-refractivity contribution in [2.24, 2.45) is 5.92 Å². The molecule has 0 radical (unpaired) electrons. The van der Waals surface area contributed by atoms with Crippen LogP contribution in [0.25, 0.3) is 0 Å². The lowest BCUT2D eigenvalue weighted by Crippen LogP contribution is -1.93. The van der Waals surface area contributed by atoms with E-state index in [1.54, 1.807) is 24.3 Å². The minimum Gasteiger partial charge on any atom is -0.481 e. The summed E-state index contributed by atoms with van der Waals surface area (Å²) in [6, 6.07) is 9.12. The number of nitriles is 1. The Morgan fingerprint density at radius 3 is 2.60 bits per heavy atom. The highest BCUT2D eigenvalue weighted by Gasteiger charge is 2.17.